The highest BCUT2D eigenvalue weighted by molar-refractivity contribution is 6.07. The van der Waals surface area contributed by atoms with Gasteiger partial charge in [0.15, 0.2) is 0 Å². The van der Waals surface area contributed by atoms with Crippen molar-refractivity contribution in [1.82, 2.24) is 9.88 Å². The summed E-state index contributed by atoms with van der Waals surface area (Å²) in [5.41, 5.74) is 6.05. The summed E-state index contributed by atoms with van der Waals surface area (Å²) in [6.45, 7) is 7.24. The van der Waals surface area contributed by atoms with Crippen LogP contribution in [0.5, 0.6) is 0 Å². The van der Waals surface area contributed by atoms with Crippen molar-refractivity contribution in [1.29, 1.82) is 0 Å². The summed E-state index contributed by atoms with van der Waals surface area (Å²) in [4.78, 5) is 20.6. The molecule has 1 atom stereocenters. The van der Waals surface area contributed by atoms with Crippen molar-refractivity contribution in [3.8, 4) is 11.3 Å². The maximum atomic E-state index is 13.6. The fourth-order valence-electron chi connectivity index (χ4n) is 4.44. The molecule has 1 aliphatic heterocycles. The second-order valence-electron chi connectivity index (χ2n) is 7.95. The largest absolute Gasteiger partial charge is 0.336 e. The highest BCUT2D eigenvalue weighted by Gasteiger charge is 2.27. The number of carbonyl (C=O) groups is 1. The molecular formula is C25H28N2O. The minimum absolute atomic E-state index is 0.149. The first-order chi connectivity index (χ1) is 13.6. The molecule has 1 saturated heterocycles. The summed E-state index contributed by atoms with van der Waals surface area (Å²) in [7, 11) is 0. The monoisotopic (exact) mass is 372 g/mol. The zero-order valence-electron chi connectivity index (χ0n) is 17.0. The molecule has 1 aromatic heterocycles. The van der Waals surface area contributed by atoms with Gasteiger partial charge in [-0.1, -0.05) is 48.9 Å². The number of para-hydroxylation sites is 1. The van der Waals surface area contributed by atoms with Crippen molar-refractivity contribution >= 4 is 16.8 Å². The Morgan fingerprint density at radius 3 is 2.71 bits per heavy atom. The number of benzene rings is 2. The molecule has 2 aromatic carbocycles. The molecule has 0 saturated carbocycles. The van der Waals surface area contributed by atoms with Gasteiger partial charge in [-0.2, -0.15) is 0 Å². The number of rotatable bonds is 3. The number of hydrogen-bond acceptors (Lipinski definition) is 2. The van der Waals surface area contributed by atoms with Crippen LogP contribution in [0.3, 0.4) is 0 Å². The number of pyridine rings is 1. The van der Waals surface area contributed by atoms with E-state index >= 15 is 0 Å². The van der Waals surface area contributed by atoms with E-state index in [0.29, 0.717) is 6.04 Å². The smallest absolute Gasteiger partial charge is 0.254 e. The van der Waals surface area contributed by atoms with Crippen LogP contribution < -0.4 is 0 Å². The summed E-state index contributed by atoms with van der Waals surface area (Å²) in [6.07, 6.45) is 4.43. The average Bonchev–Trinajstić information content (AvgIpc) is 2.72. The number of amides is 1. The highest BCUT2D eigenvalue weighted by atomic mass is 16.2. The van der Waals surface area contributed by atoms with Crippen LogP contribution in [-0.2, 0) is 0 Å². The Kier molecular flexibility index (Phi) is 5.17. The Balaban J connectivity index is 1.86. The van der Waals surface area contributed by atoms with Gasteiger partial charge in [-0.3, -0.25) is 4.79 Å². The number of nitrogens with zero attached hydrogens (tertiary/aromatic N) is 2. The van der Waals surface area contributed by atoms with Crippen LogP contribution >= 0.6 is 0 Å². The average molecular weight is 373 g/mol. The predicted molar refractivity (Wildman–Crippen MR) is 116 cm³/mol. The first-order valence-electron chi connectivity index (χ1n) is 10.4. The molecule has 2 heterocycles. The van der Waals surface area contributed by atoms with E-state index in [9.17, 15) is 4.79 Å². The molecule has 1 aliphatic rings. The van der Waals surface area contributed by atoms with Gasteiger partial charge in [0.2, 0.25) is 0 Å². The van der Waals surface area contributed by atoms with Gasteiger partial charge in [0.25, 0.3) is 5.91 Å². The number of carbonyl (C=O) groups excluding carboxylic acids is 1. The fourth-order valence-corrected chi connectivity index (χ4v) is 4.44. The Labute approximate surface area is 167 Å². The van der Waals surface area contributed by atoms with Crippen LogP contribution in [0, 0.1) is 13.8 Å². The van der Waals surface area contributed by atoms with Crippen molar-refractivity contribution < 1.29 is 4.79 Å². The molecule has 0 N–H and O–H groups in total. The van der Waals surface area contributed by atoms with Crippen LogP contribution in [0.4, 0.5) is 0 Å². The van der Waals surface area contributed by atoms with E-state index in [2.05, 4.69) is 43.9 Å². The first-order valence-corrected chi connectivity index (χ1v) is 10.4. The number of piperidine rings is 1. The zero-order chi connectivity index (χ0) is 19.7. The molecule has 28 heavy (non-hydrogen) atoms. The van der Waals surface area contributed by atoms with Crippen molar-refractivity contribution in [2.24, 2.45) is 0 Å². The minimum Gasteiger partial charge on any atom is -0.336 e. The van der Waals surface area contributed by atoms with Crippen LogP contribution in [0.25, 0.3) is 22.2 Å². The van der Waals surface area contributed by atoms with E-state index in [-0.39, 0.29) is 5.91 Å². The molecule has 3 aromatic rings. The SMILES string of the molecule is CCC1CCCCN1C(=O)c1cc(-c2ccc(C)cc2C)nc2ccccc12. The van der Waals surface area contributed by atoms with Crippen molar-refractivity contribution in [3.05, 3.63) is 65.2 Å². The lowest BCUT2D eigenvalue weighted by Crippen LogP contribution is -2.43. The van der Waals surface area contributed by atoms with Crippen LogP contribution in [0.15, 0.2) is 48.5 Å². The van der Waals surface area contributed by atoms with Crippen LogP contribution in [0.1, 0.15) is 54.1 Å². The van der Waals surface area contributed by atoms with Gasteiger partial charge in [0, 0.05) is 23.5 Å². The number of aryl methyl sites for hydroxylation is 2. The molecule has 1 amide bonds. The maximum absolute atomic E-state index is 13.6. The third-order valence-electron chi connectivity index (χ3n) is 5.96. The van der Waals surface area contributed by atoms with Crippen LogP contribution in [-0.4, -0.2) is 28.4 Å². The molecule has 0 radical (unpaired) electrons. The van der Waals surface area contributed by atoms with E-state index in [1.807, 2.05) is 30.3 Å². The van der Waals surface area contributed by atoms with E-state index in [1.54, 1.807) is 0 Å². The lowest BCUT2D eigenvalue weighted by atomic mass is 9.96. The van der Waals surface area contributed by atoms with Gasteiger partial charge in [-0.15, -0.1) is 0 Å². The van der Waals surface area contributed by atoms with Gasteiger partial charge < -0.3 is 4.90 Å². The van der Waals surface area contributed by atoms with E-state index in [1.165, 1.54) is 17.5 Å². The van der Waals surface area contributed by atoms with Crippen molar-refractivity contribution in [3.63, 3.8) is 0 Å². The van der Waals surface area contributed by atoms with E-state index < -0.39 is 0 Å². The Morgan fingerprint density at radius 2 is 1.93 bits per heavy atom. The fraction of sp³-hybridized carbons (Fsp3) is 0.360. The standard InChI is InChI=1S/C25H28N2O/c1-4-19-9-7-8-14-27(19)25(28)22-16-24(20-13-12-17(2)15-18(20)3)26-23-11-6-5-10-21(22)23/h5-6,10-13,15-16,19H,4,7-9,14H2,1-3H3. The molecule has 144 valence electrons. The Hall–Kier alpha value is -2.68. The number of aromatic nitrogens is 1. The molecule has 0 aliphatic carbocycles. The number of hydrogen-bond donors (Lipinski definition) is 0. The maximum Gasteiger partial charge on any atom is 0.254 e. The number of fused-ring (bicyclic) bond motifs is 1. The Morgan fingerprint density at radius 1 is 1.11 bits per heavy atom. The summed E-state index contributed by atoms with van der Waals surface area (Å²) >= 11 is 0. The van der Waals surface area contributed by atoms with Crippen molar-refractivity contribution in [2.75, 3.05) is 6.54 Å². The lowest BCUT2D eigenvalue weighted by molar-refractivity contribution is 0.0610. The van der Waals surface area contributed by atoms with Gasteiger partial charge >= 0.3 is 0 Å². The van der Waals surface area contributed by atoms with Gasteiger partial charge in [0.1, 0.15) is 0 Å². The molecule has 0 bridgehead atoms. The third-order valence-corrected chi connectivity index (χ3v) is 5.96. The molecule has 0 spiro atoms. The molecule has 1 fully saturated rings. The quantitative estimate of drug-likeness (QED) is 0.571. The lowest BCUT2D eigenvalue weighted by Gasteiger charge is -2.35. The summed E-state index contributed by atoms with van der Waals surface area (Å²) in [5.74, 6) is 0.149. The highest BCUT2D eigenvalue weighted by Crippen LogP contribution is 2.30. The molecule has 3 heteroatoms. The Bertz CT molecular complexity index is 1020. The van der Waals surface area contributed by atoms with Gasteiger partial charge in [-0.25, -0.2) is 4.98 Å². The third kappa shape index (κ3) is 3.42. The van der Waals surface area contributed by atoms with Crippen molar-refractivity contribution in [2.45, 2.75) is 52.5 Å². The first kappa shape index (κ1) is 18.7. The summed E-state index contributed by atoms with van der Waals surface area (Å²) in [5, 5.41) is 0.946. The van der Waals surface area contributed by atoms with Gasteiger partial charge in [0.05, 0.1) is 16.8 Å². The van der Waals surface area contributed by atoms with E-state index in [0.717, 1.165) is 53.5 Å². The second-order valence-corrected chi connectivity index (χ2v) is 7.95. The predicted octanol–water partition coefficient (Wildman–Crippen LogP) is 5.92. The molecular weight excluding hydrogens is 344 g/mol. The topological polar surface area (TPSA) is 33.2 Å². The second kappa shape index (κ2) is 7.75. The molecule has 1 unspecified atom stereocenters. The minimum atomic E-state index is 0.149. The molecule has 3 nitrogen and oxygen atoms in total. The van der Waals surface area contributed by atoms with Gasteiger partial charge in [-0.05, 0) is 57.2 Å². The molecule has 4 rings (SSSR count). The zero-order valence-corrected chi connectivity index (χ0v) is 17.0. The summed E-state index contributed by atoms with van der Waals surface area (Å²) in [6, 6.07) is 16.8. The summed E-state index contributed by atoms with van der Waals surface area (Å²) < 4.78 is 0. The van der Waals surface area contributed by atoms with E-state index in [4.69, 9.17) is 4.98 Å². The van der Waals surface area contributed by atoms with Crippen LogP contribution in [0.2, 0.25) is 0 Å². The number of likely N-dealkylation sites (tertiary alicyclic amines) is 1. The normalized spacial score (nSPS) is 17.1.